The van der Waals surface area contributed by atoms with E-state index in [-0.39, 0.29) is 23.5 Å². The highest BCUT2D eigenvalue weighted by molar-refractivity contribution is 7.90. The van der Waals surface area contributed by atoms with Crippen LogP contribution < -0.4 is 32.0 Å². The first-order valence-electron chi connectivity index (χ1n) is 21.5. The number of nitrogens with zero attached hydrogens (tertiary/aromatic N) is 12. The van der Waals surface area contributed by atoms with Gasteiger partial charge >= 0.3 is 0 Å². The van der Waals surface area contributed by atoms with Crippen LogP contribution in [-0.4, -0.2) is 139 Å². The van der Waals surface area contributed by atoms with E-state index in [2.05, 4.69) is 79.5 Å². The number of nitrogens with two attached hydrogens (primary N) is 3. The van der Waals surface area contributed by atoms with Crippen molar-refractivity contribution < 1.29 is 26.7 Å². The summed E-state index contributed by atoms with van der Waals surface area (Å²) in [5.74, 6) is 4.40. The molecule has 346 valence electrons. The van der Waals surface area contributed by atoms with E-state index in [0.717, 1.165) is 61.4 Å². The molecule has 23 heteroatoms. The van der Waals surface area contributed by atoms with Crippen molar-refractivity contribution >= 4 is 39.2 Å². The molecule has 6 aromatic heterocycles. The van der Waals surface area contributed by atoms with Gasteiger partial charge in [0.25, 0.3) is 16.7 Å². The Labute approximate surface area is 380 Å². The van der Waals surface area contributed by atoms with E-state index in [1.807, 2.05) is 24.3 Å². The van der Waals surface area contributed by atoms with Gasteiger partial charge in [0, 0.05) is 25.9 Å². The number of fused-ring (bicyclic) bond motifs is 2. The molecule has 2 aliphatic heterocycles. The lowest BCUT2D eigenvalue weighted by atomic mass is 10.1. The van der Waals surface area contributed by atoms with E-state index >= 15 is 0 Å². The van der Waals surface area contributed by atoms with Gasteiger partial charge in [0.2, 0.25) is 39.3 Å². The number of hydrogen-bond donors (Lipinski definition) is 4. The van der Waals surface area contributed by atoms with E-state index < -0.39 is 15.0 Å². The second-order valence-corrected chi connectivity index (χ2v) is 17.3. The van der Waals surface area contributed by atoms with Crippen molar-refractivity contribution in [1.29, 1.82) is 0 Å². The van der Waals surface area contributed by atoms with E-state index in [0.29, 0.717) is 42.2 Å². The fourth-order valence-electron chi connectivity index (χ4n) is 6.64. The highest BCUT2D eigenvalue weighted by Crippen LogP contribution is 2.20. The standard InChI is InChI=1S/C21H24N8O2.C13H20N2O.C9H8N6O3S/c22-19-25-20(26-21-24-18(27-29(19)21)17-3-1-13-31-17)23-9-8-15-4-6-16(7-5-15)30-14-12-28-10-2-11-28;14-7-6-12-2-4-13(5-3-12)16-11-10-15-8-1-9-15;1-19(16,17)9-12-7(10)15-8(13-9)11-6(14-15)5-3-2-4-18-5/h1,3-7,13H,2,8-12,14H2,(H3,22,23,24,25,26,27);2-5H,1,6-11,14H2;2-4H,1H3,(H2,10,11,12,13,14). The predicted octanol–water partition coefficient (Wildman–Crippen LogP) is 3.14. The van der Waals surface area contributed by atoms with Crippen LogP contribution in [0.15, 0.2) is 99.3 Å². The smallest absolute Gasteiger partial charge is 0.259 e. The predicted molar refractivity (Wildman–Crippen MR) is 245 cm³/mol. The number of sulfone groups is 1. The molecule has 0 atom stereocenters. The number of nitrogen functional groups attached to an aromatic ring is 2. The Bertz CT molecular complexity index is 2880. The van der Waals surface area contributed by atoms with Crippen molar-refractivity contribution in [2.45, 2.75) is 30.8 Å². The number of furan rings is 2. The molecule has 2 fully saturated rings. The summed E-state index contributed by atoms with van der Waals surface area (Å²) in [6, 6.07) is 23.3. The summed E-state index contributed by atoms with van der Waals surface area (Å²) in [6.07, 6.45) is 8.42. The topological polar surface area (TPSA) is 287 Å². The van der Waals surface area contributed by atoms with Gasteiger partial charge in [-0.15, -0.1) is 10.2 Å². The molecule has 0 bridgehead atoms. The normalized spacial score (nSPS) is 13.8. The Hall–Kier alpha value is -7.21. The highest BCUT2D eigenvalue weighted by Gasteiger charge is 2.19. The zero-order valence-corrected chi connectivity index (χ0v) is 37.3. The van der Waals surface area contributed by atoms with Gasteiger partial charge in [-0.25, -0.2) is 8.42 Å². The molecular formula is C43H52N16O6S. The first-order chi connectivity index (χ1) is 32.1. The quantitative estimate of drug-likeness (QED) is 0.102. The molecule has 2 aliphatic rings. The first kappa shape index (κ1) is 45.4. The summed E-state index contributed by atoms with van der Waals surface area (Å²) in [6.45, 7) is 9.78. The van der Waals surface area contributed by atoms with Crippen molar-refractivity contribution in [3.05, 3.63) is 96.4 Å². The minimum absolute atomic E-state index is 0.0410. The Morgan fingerprint density at radius 1 is 0.652 bits per heavy atom. The number of ether oxygens (including phenoxy) is 2. The number of hydrogen-bond acceptors (Lipinski definition) is 20. The Morgan fingerprint density at radius 3 is 1.61 bits per heavy atom. The van der Waals surface area contributed by atoms with Gasteiger partial charge < -0.3 is 40.8 Å². The number of aromatic nitrogens is 10. The van der Waals surface area contributed by atoms with E-state index in [4.69, 9.17) is 35.5 Å². The fraction of sp³-hybridized carbons (Fsp3) is 0.349. The molecule has 0 amide bonds. The van der Waals surface area contributed by atoms with Crippen LogP contribution in [0.5, 0.6) is 11.5 Å². The van der Waals surface area contributed by atoms with Crippen LogP contribution in [0.1, 0.15) is 24.0 Å². The van der Waals surface area contributed by atoms with Crippen LogP contribution in [0.25, 0.3) is 34.7 Å². The summed E-state index contributed by atoms with van der Waals surface area (Å²) in [5.41, 5.74) is 19.6. The number of benzene rings is 2. The minimum Gasteiger partial charge on any atom is -0.492 e. The molecule has 10 rings (SSSR count). The van der Waals surface area contributed by atoms with Crippen LogP contribution in [-0.2, 0) is 22.7 Å². The van der Waals surface area contributed by atoms with E-state index in [9.17, 15) is 8.42 Å². The summed E-state index contributed by atoms with van der Waals surface area (Å²) in [5, 5.41) is 11.1. The van der Waals surface area contributed by atoms with Crippen LogP contribution in [0, 0.1) is 0 Å². The van der Waals surface area contributed by atoms with Gasteiger partial charge in [-0.05, 0) is 118 Å². The summed E-state index contributed by atoms with van der Waals surface area (Å²) in [7, 11) is -3.57. The van der Waals surface area contributed by atoms with Gasteiger partial charge in [0.15, 0.2) is 11.5 Å². The lowest BCUT2D eigenvalue weighted by Gasteiger charge is -2.30. The molecule has 0 spiro atoms. The molecule has 7 N–H and O–H groups in total. The highest BCUT2D eigenvalue weighted by atomic mass is 32.2. The number of likely N-dealkylation sites (tertiary alicyclic amines) is 2. The number of anilines is 3. The van der Waals surface area contributed by atoms with Gasteiger partial charge in [-0.2, -0.15) is 38.9 Å². The summed E-state index contributed by atoms with van der Waals surface area (Å²) >= 11 is 0. The third kappa shape index (κ3) is 11.9. The number of rotatable bonds is 17. The largest absolute Gasteiger partial charge is 0.492 e. The number of nitrogens with one attached hydrogen (secondary N) is 1. The lowest BCUT2D eigenvalue weighted by Crippen LogP contribution is -2.39. The van der Waals surface area contributed by atoms with Crippen LogP contribution in [0.2, 0.25) is 0 Å². The molecule has 8 aromatic rings. The van der Waals surface area contributed by atoms with Gasteiger partial charge in [-0.3, -0.25) is 9.80 Å². The van der Waals surface area contributed by atoms with Crippen LogP contribution in [0.3, 0.4) is 0 Å². The van der Waals surface area contributed by atoms with Crippen molar-refractivity contribution in [3.8, 4) is 34.7 Å². The second-order valence-electron chi connectivity index (χ2n) is 15.4. The maximum Gasteiger partial charge on any atom is 0.259 e. The molecule has 0 aliphatic carbocycles. The maximum absolute atomic E-state index is 11.4. The molecule has 8 heterocycles. The molecule has 0 unspecified atom stereocenters. The van der Waals surface area contributed by atoms with Gasteiger partial charge in [0.05, 0.1) is 12.5 Å². The Balaban J connectivity index is 0.000000145. The fourth-order valence-corrected chi connectivity index (χ4v) is 7.15. The molecule has 0 saturated carbocycles. The molecule has 66 heavy (non-hydrogen) atoms. The van der Waals surface area contributed by atoms with Crippen molar-refractivity contribution in [1.82, 2.24) is 58.9 Å². The van der Waals surface area contributed by atoms with Gasteiger partial charge in [0.1, 0.15) is 24.7 Å². The SMILES string of the molecule is CS(=O)(=O)c1nc(N)n2nc(-c3ccco3)nc2n1.NCCc1ccc(OCCN2CCC2)cc1.Nc1nc(NCCc2ccc(OCCN3CCC3)cc2)nc2nc(-c3ccco3)nn12. The summed E-state index contributed by atoms with van der Waals surface area (Å²) < 4.78 is 47.3. The molecular weight excluding hydrogens is 869 g/mol. The van der Waals surface area contributed by atoms with E-state index in [1.165, 1.54) is 60.9 Å². The van der Waals surface area contributed by atoms with Gasteiger partial charge in [-0.1, -0.05) is 24.3 Å². The Morgan fingerprint density at radius 2 is 1.15 bits per heavy atom. The first-order valence-corrected chi connectivity index (χ1v) is 23.4. The average molecular weight is 921 g/mol. The Kier molecular flexibility index (Phi) is 14.6. The second kappa shape index (κ2) is 21.2. The average Bonchev–Trinajstić information content (AvgIpc) is 4.12. The van der Waals surface area contributed by atoms with Crippen LogP contribution >= 0.6 is 0 Å². The monoisotopic (exact) mass is 920 g/mol. The lowest BCUT2D eigenvalue weighted by molar-refractivity contribution is 0.147. The third-order valence-electron chi connectivity index (χ3n) is 10.5. The zero-order chi connectivity index (χ0) is 45.9. The minimum atomic E-state index is -3.57. The maximum atomic E-state index is 11.4. The van der Waals surface area contributed by atoms with E-state index in [1.54, 1.807) is 30.5 Å². The van der Waals surface area contributed by atoms with Crippen molar-refractivity contribution in [3.63, 3.8) is 0 Å². The van der Waals surface area contributed by atoms with Crippen molar-refractivity contribution in [2.75, 3.05) is 88.6 Å². The van der Waals surface area contributed by atoms with Crippen LogP contribution in [0.4, 0.5) is 17.8 Å². The molecule has 0 radical (unpaired) electrons. The summed E-state index contributed by atoms with van der Waals surface area (Å²) in [4.78, 5) is 29.4. The third-order valence-corrected chi connectivity index (χ3v) is 11.3. The molecule has 22 nitrogen and oxygen atoms in total. The zero-order valence-electron chi connectivity index (χ0n) is 36.4. The molecule has 2 aromatic carbocycles. The van der Waals surface area contributed by atoms with Crippen molar-refractivity contribution in [2.24, 2.45) is 5.73 Å². The molecule has 2 saturated heterocycles.